The molecule has 0 aliphatic rings. The Morgan fingerprint density at radius 2 is 1.72 bits per heavy atom. The van der Waals surface area contributed by atoms with E-state index < -0.39 is 18.0 Å². The van der Waals surface area contributed by atoms with Crippen molar-refractivity contribution >= 4 is 11.9 Å². The van der Waals surface area contributed by atoms with Crippen LogP contribution in [0.1, 0.15) is 34.8 Å². The zero-order valence-electron chi connectivity index (χ0n) is 10.6. The molecule has 0 radical (unpaired) electrons. The van der Waals surface area contributed by atoms with Gasteiger partial charge in [-0.1, -0.05) is 6.92 Å². The van der Waals surface area contributed by atoms with Crippen molar-refractivity contribution in [3.63, 3.8) is 0 Å². The number of rotatable bonds is 5. The molecule has 0 bridgehead atoms. The second kappa shape index (κ2) is 5.53. The van der Waals surface area contributed by atoms with Crippen LogP contribution in [0.2, 0.25) is 0 Å². The minimum absolute atomic E-state index is 0.167. The van der Waals surface area contributed by atoms with Crippen LogP contribution in [0.15, 0.2) is 12.1 Å². The van der Waals surface area contributed by atoms with Crippen molar-refractivity contribution in [2.24, 2.45) is 0 Å². The summed E-state index contributed by atoms with van der Waals surface area (Å²) in [4.78, 5) is 21.8. The van der Waals surface area contributed by atoms with E-state index in [-0.39, 0.29) is 5.56 Å². The summed E-state index contributed by atoms with van der Waals surface area (Å²) >= 11 is 0. The number of hydrogen-bond acceptors (Lipinski definition) is 3. The summed E-state index contributed by atoms with van der Waals surface area (Å²) in [6, 6.07) is 2.94. The van der Waals surface area contributed by atoms with Crippen molar-refractivity contribution in [3.8, 4) is 5.75 Å². The van der Waals surface area contributed by atoms with Gasteiger partial charge in [0, 0.05) is 0 Å². The fourth-order valence-electron chi connectivity index (χ4n) is 1.71. The Morgan fingerprint density at radius 1 is 1.22 bits per heavy atom. The second-order valence-corrected chi connectivity index (χ2v) is 4.10. The number of ether oxygens (including phenoxy) is 1. The van der Waals surface area contributed by atoms with E-state index in [9.17, 15) is 9.59 Å². The molecule has 0 saturated heterocycles. The number of aliphatic carboxylic acids is 1. The zero-order chi connectivity index (χ0) is 13.9. The van der Waals surface area contributed by atoms with Gasteiger partial charge in [0.05, 0.1) is 5.56 Å². The van der Waals surface area contributed by atoms with Gasteiger partial charge in [-0.2, -0.15) is 0 Å². The van der Waals surface area contributed by atoms with Gasteiger partial charge in [-0.05, 0) is 43.5 Å². The molecule has 1 aromatic carbocycles. The SMILES string of the molecule is CCC(Oc1c(C)cc(C(=O)O)cc1C)C(=O)O. The fourth-order valence-corrected chi connectivity index (χ4v) is 1.71. The average molecular weight is 252 g/mol. The molecular weight excluding hydrogens is 236 g/mol. The molecule has 1 aromatic rings. The monoisotopic (exact) mass is 252 g/mol. The van der Waals surface area contributed by atoms with Gasteiger partial charge in [-0.15, -0.1) is 0 Å². The molecule has 0 aliphatic carbocycles. The largest absolute Gasteiger partial charge is 0.479 e. The Hall–Kier alpha value is -2.04. The van der Waals surface area contributed by atoms with Gasteiger partial charge < -0.3 is 14.9 Å². The minimum Gasteiger partial charge on any atom is -0.479 e. The molecule has 5 heteroatoms. The molecule has 0 heterocycles. The number of hydrogen-bond donors (Lipinski definition) is 2. The highest BCUT2D eigenvalue weighted by Gasteiger charge is 2.19. The molecule has 1 unspecified atom stereocenters. The quantitative estimate of drug-likeness (QED) is 0.839. The van der Waals surface area contributed by atoms with Crippen molar-refractivity contribution in [2.45, 2.75) is 33.3 Å². The van der Waals surface area contributed by atoms with Crippen molar-refractivity contribution in [1.29, 1.82) is 0 Å². The predicted octanol–water partition coefficient (Wildman–Crippen LogP) is 2.24. The number of benzene rings is 1. The molecule has 0 spiro atoms. The van der Waals surface area contributed by atoms with Crippen LogP contribution < -0.4 is 4.74 Å². The molecule has 0 saturated carbocycles. The summed E-state index contributed by atoms with van der Waals surface area (Å²) in [5.41, 5.74) is 1.40. The van der Waals surface area contributed by atoms with E-state index in [0.29, 0.717) is 23.3 Å². The number of aryl methyl sites for hydroxylation is 2. The topological polar surface area (TPSA) is 83.8 Å². The van der Waals surface area contributed by atoms with E-state index in [4.69, 9.17) is 14.9 Å². The third-order valence-corrected chi connectivity index (χ3v) is 2.61. The van der Waals surface area contributed by atoms with Crippen molar-refractivity contribution in [1.82, 2.24) is 0 Å². The van der Waals surface area contributed by atoms with Gasteiger partial charge >= 0.3 is 11.9 Å². The first-order valence-electron chi connectivity index (χ1n) is 5.60. The van der Waals surface area contributed by atoms with Gasteiger partial charge in [0.2, 0.25) is 0 Å². The van der Waals surface area contributed by atoms with Crippen LogP contribution in [0.25, 0.3) is 0 Å². The highest BCUT2D eigenvalue weighted by molar-refractivity contribution is 5.88. The smallest absolute Gasteiger partial charge is 0.344 e. The maximum atomic E-state index is 10.9. The summed E-state index contributed by atoms with van der Waals surface area (Å²) in [6.07, 6.45) is -0.576. The first kappa shape index (κ1) is 14.0. The second-order valence-electron chi connectivity index (χ2n) is 4.10. The van der Waals surface area contributed by atoms with E-state index in [1.165, 1.54) is 12.1 Å². The Bertz CT molecular complexity index is 455. The van der Waals surface area contributed by atoms with Gasteiger partial charge in [0.25, 0.3) is 0 Å². The van der Waals surface area contributed by atoms with E-state index >= 15 is 0 Å². The first-order chi connectivity index (χ1) is 8.36. The molecule has 1 atom stereocenters. The van der Waals surface area contributed by atoms with Crippen molar-refractivity contribution in [2.75, 3.05) is 0 Å². The molecule has 5 nitrogen and oxygen atoms in total. The van der Waals surface area contributed by atoms with Gasteiger partial charge in [-0.3, -0.25) is 0 Å². The van der Waals surface area contributed by atoms with Crippen LogP contribution >= 0.6 is 0 Å². The molecule has 0 aliphatic heterocycles. The minimum atomic E-state index is -1.03. The molecule has 98 valence electrons. The molecule has 0 fully saturated rings. The lowest BCUT2D eigenvalue weighted by atomic mass is 10.1. The summed E-state index contributed by atoms with van der Waals surface area (Å²) in [6.45, 7) is 5.11. The fraction of sp³-hybridized carbons (Fsp3) is 0.385. The average Bonchev–Trinajstić information content (AvgIpc) is 2.27. The highest BCUT2D eigenvalue weighted by Crippen LogP contribution is 2.26. The lowest BCUT2D eigenvalue weighted by Crippen LogP contribution is -2.26. The molecule has 1 rings (SSSR count). The van der Waals surface area contributed by atoms with Crippen LogP contribution in [-0.4, -0.2) is 28.3 Å². The summed E-state index contributed by atoms with van der Waals surface area (Å²) in [7, 11) is 0. The van der Waals surface area contributed by atoms with Crippen molar-refractivity contribution < 1.29 is 24.5 Å². The standard InChI is InChI=1S/C13H16O5/c1-4-10(13(16)17)18-11-7(2)5-9(12(14)15)6-8(11)3/h5-6,10H,4H2,1-3H3,(H,14,15)(H,16,17). The Balaban J connectivity index is 3.10. The summed E-state index contributed by atoms with van der Waals surface area (Å²) in [5, 5.41) is 17.8. The number of carbonyl (C=O) groups is 2. The Kier molecular flexibility index (Phi) is 4.31. The maximum Gasteiger partial charge on any atom is 0.344 e. The number of carboxylic acids is 2. The summed E-state index contributed by atoms with van der Waals surface area (Å²) < 4.78 is 5.43. The lowest BCUT2D eigenvalue weighted by Gasteiger charge is -2.17. The molecular formula is C13H16O5. The third kappa shape index (κ3) is 3.00. The van der Waals surface area contributed by atoms with E-state index in [1.807, 2.05) is 0 Å². The van der Waals surface area contributed by atoms with E-state index in [0.717, 1.165) is 0 Å². The van der Waals surface area contributed by atoms with Crippen LogP contribution in [0.4, 0.5) is 0 Å². The van der Waals surface area contributed by atoms with Gasteiger partial charge in [0.1, 0.15) is 5.75 Å². The van der Waals surface area contributed by atoms with Crippen molar-refractivity contribution in [3.05, 3.63) is 28.8 Å². The third-order valence-electron chi connectivity index (χ3n) is 2.61. The lowest BCUT2D eigenvalue weighted by molar-refractivity contribution is -0.145. The number of carboxylic acid groups (broad SMARTS) is 2. The van der Waals surface area contributed by atoms with Crippen LogP contribution in [-0.2, 0) is 4.79 Å². The van der Waals surface area contributed by atoms with Gasteiger partial charge in [-0.25, -0.2) is 9.59 Å². The predicted molar refractivity (Wildman–Crippen MR) is 65.2 cm³/mol. The Labute approximate surface area is 105 Å². The highest BCUT2D eigenvalue weighted by atomic mass is 16.5. The Morgan fingerprint density at radius 3 is 2.06 bits per heavy atom. The molecule has 18 heavy (non-hydrogen) atoms. The number of aromatic carboxylic acids is 1. The normalized spacial score (nSPS) is 11.9. The summed E-state index contributed by atoms with van der Waals surface area (Å²) in [5.74, 6) is -1.61. The molecule has 0 aromatic heterocycles. The first-order valence-corrected chi connectivity index (χ1v) is 5.60. The maximum absolute atomic E-state index is 10.9. The van der Waals surface area contributed by atoms with Gasteiger partial charge in [0.15, 0.2) is 6.10 Å². The zero-order valence-corrected chi connectivity index (χ0v) is 10.6. The van der Waals surface area contributed by atoms with E-state index in [2.05, 4.69) is 0 Å². The molecule has 2 N–H and O–H groups in total. The van der Waals surface area contributed by atoms with Crippen LogP contribution in [0.3, 0.4) is 0 Å². The molecule has 0 amide bonds. The van der Waals surface area contributed by atoms with E-state index in [1.54, 1.807) is 20.8 Å². The van der Waals surface area contributed by atoms with Crippen LogP contribution in [0, 0.1) is 13.8 Å². The van der Waals surface area contributed by atoms with Crippen LogP contribution in [0.5, 0.6) is 5.75 Å².